The largest absolute Gasteiger partial charge is 0.384 e. The number of hydrogen-bond donors (Lipinski definition) is 1. The van der Waals surface area contributed by atoms with Crippen LogP contribution in [0.1, 0.15) is 5.56 Å². The van der Waals surface area contributed by atoms with Gasteiger partial charge >= 0.3 is 0 Å². The maximum atomic E-state index is 5.13. The van der Waals surface area contributed by atoms with Crippen molar-refractivity contribution in [2.45, 2.75) is 6.42 Å². The number of pyridine rings is 1. The average molecular weight is 348 g/mol. The van der Waals surface area contributed by atoms with Crippen molar-refractivity contribution in [1.29, 1.82) is 0 Å². The Hall–Kier alpha value is -3.39. The number of anilines is 1. The van der Waals surface area contributed by atoms with Crippen molar-refractivity contribution in [3.05, 3.63) is 96.6 Å². The van der Waals surface area contributed by atoms with E-state index in [4.69, 9.17) is 4.98 Å². The summed E-state index contributed by atoms with van der Waals surface area (Å²) in [6.07, 6.45) is 0.955. The third kappa shape index (κ3) is 2.89. The molecule has 4 aromatic rings. The molecule has 5 rings (SSSR count). The van der Waals surface area contributed by atoms with Crippen LogP contribution in [-0.4, -0.2) is 11.5 Å². The molecule has 2 nitrogen and oxygen atoms in total. The summed E-state index contributed by atoms with van der Waals surface area (Å²) >= 11 is 0. The predicted octanol–water partition coefficient (Wildman–Crippen LogP) is 6.05. The molecule has 0 spiro atoms. The molecular formula is C25H20N2. The fourth-order valence-corrected chi connectivity index (χ4v) is 3.85. The maximum Gasteiger partial charge on any atom is 0.0769 e. The first-order chi connectivity index (χ1) is 13.4. The number of benzene rings is 3. The Morgan fingerprint density at radius 3 is 2.11 bits per heavy atom. The van der Waals surface area contributed by atoms with Crippen molar-refractivity contribution in [2.75, 3.05) is 11.9 Å². The second-order valence-electron chi connectivity index (χ2n) is 6.84. The molecule has 0 aliphatic carbocycles. The quantitative estimate of drug-likeness (QED) is 0.477. The van der Waals surface area contributed by atoms with Gasteiger partial charge in [-0.25, -0.2) is 4.98 Å². The number of rotatable bonds is 2. The smallest absolute Gasteiger partial charge is 0.0769 e. The lowest BCUT2D eigenvalue weighted by Gasteiger charge is -2.16. The fourth-order valence-electron chi connectivity index (χ4n) is 3.85. The molecule has 0 radical (unpaired) electrons. The molecule has 0 amide bonds. The van der Waals surface area contributed by atoms with Gasteiger partial charge in [0, 0.05) is 23.4 Å². The van der Waals surface area contributed by atoms with Crippen LogP contribution in [0.4, 0.5) is 5.69 Å². The van der Waals surface area contributed by atoms with Gasteiger partial charge in [0.1, 0.15) is 0 Å². The number of nitrogens with one attached hydrogen (secondary N) is 1. The fraction of sp³-hybridized carbons (Fsp3) is 0.0800. The molecule has 1 aromatic heterocycles. The summed E-state index contributed by atoms with van der Waals surface area (Å²) in [6, 6.07) is 31.8. The van der Waals surface area contributed by atoms with E-state index in [1.165, 1.54) is 22.3 Å². The Labute approximate surface area is 159 Å². The number of para-hydroxylation sites is 1. The Morgan fingerprint density at radius 2 is 1.33 bits per heavy atom. The van der Waals surface area contributed by atoms with Gasteiger partial charge < -0.3 is 5.32 Å². The molecule has 2 heterocycles. The molecule has 0 saturated heterocycles. The van der Waals surface area contributed by atoms with Gasteiger partial charge in [0.05, 0.1) is 11.4 Å². The molecular weight excluding hydrogens is 328 g/mol. The van der Waals surface area contributed by atoms with Crippen LogP contribution in [0.2, 0.25) is 0 Å². The molecule has 1 N–H and O–H groups in total. The SMILES string of the molecule is c1ccc(-c2cc(-c3ccccc3)c3c(n2)-c2ccccc2NCC3)cc1. The first-order valence-electron chi connectivity index (χ1n) is 9.38. The summed E-state index contributed by atoms with van der Waals surface area (Å²) in [5.41, 5.74) is 9.44. The Kier molecular flexibility index (Phi) is 3.95. The van der Waals surface area contributed by atoms with Crippen molar-refractivity contribution < 1.29 is 0 Å². The lowest BCUT2D eigenvalue weighted by atomic mass is 9.92. The molecule has 0 unspecified atom stereocenters. The highest BCUT2D eigenvalue weighted by atomic mass is 14.9. The Morgan fingerprint density at radius 1 is 0.667 bits per heavy atom. The van der Waals surface area contributed by atoms with E-state index in [0.717, 1.165) is 35.6 Å². The number of nitrogens with zero attached hydrogens (tertiary/aromatic N) is 1. The Bertz CT molecular complexity index is 1090. The third-order valence-corrected chi connectivity index (χ3v) is 5.15. The summed E-state index contributed by atoms with van der Waals surface area (Å²) in [6.45, 7) is 0.913. The van der Waals surface area contributed by atoms with Crippen molar-refractivity contribution in [2.24, 2.45) is 0 Å². The molecule has 130 valence electrons. The van der Waals surface area contributed by atoms with Gasteiger partial charge in [-0.2, -0.15) is 0 Å². The van der Waals surface area contributed by atoms with E-state index in [-0.39, 0.29) is 0 Å². The predicted molar refractivity (Wildman–Crippen MR) is 113 cm³/mol. The second kappa shape index (κ2) is 6.73. The zero-order valence-electron chi connectivity index (χ0n) is 15.0. The normalized spacial score (nSPS) is 12.4. The molecule has 0 fully saturated rings. The minimum absolute atomic E-state index is 0.913. The monoisotopic (exact) mass is 348 g/mol. The highest BCUT2D eigenvalue weighted by Crippen LogP contribution is 2.39. The van der Waals surface area contributed by atoms with E-state index in [1.807, 2.05) is 6.07 Å². The van der Waals surface area contributed by atoms with Gasteiger partial charge in [-0.3, -0.25) is 0 Å². The van der Waals surface area contributed by atoms with E-state index in [0.29, 0.717) is 0 Å². The average Bonchev–Trinajstić information content (AvgIpc) is 2.94. The van der Waals surface area contributed by atoms with Gasteiger partial charge in [-0.05, 0) is 35.2 Å². The van der Waals surface area contributed by atoms with E-state index in [9.17, 15) is 0 Å². The van der Waals surface area contributed by atoms with E-state index < -0.39 is 0 Å². The van der Waals surface area contributed by atoms with Gasteiger partial charge in [0.15, 0.2) is 0 Å². The third-order valence-electron chi connectivity index (χ3n) is 5.15. The summed E-state index contributed by atoms with van der Waals surface area (Å²) < 4.78 is 0. The highest BCUT2D eigenvalue weighted by molar-refractivity contribution is 5.86. The molecule has 0 saturated carbocycles. The van der Waals surface area contributed by atoms with Crippen molar-refractivity contribution >= 4 is 5.69 Å². The first-order valence-corrected chi connectivity index (χ1v) is 9.38. The zero-order chi connectivity index (χ0) is 18.1. The van der Waals surface area contributed by atoms with Crippen molar-refractivity contribution in [1.82, 2.24) is 4.98 Å². The topological polar surface area (TPSA) is 24.9 Å². The molecule has 1 aliphatic rings. The van der Waals surface area contributed by atoms with Crippen LogP contribution in [0.25, 0.3) is 33.6 Å². The van der Waals surface area contributed by atoms with Gasteiger partial charge in [-0.1, -0.05) is 78.9 Å². The maximum absolute atomic E-state index is 5.13. The molecule has 0 bridgehead atoms. The molecule has 0 atom stereocenters. The van der Waals surface area contributed by atoms with Crippen molar-refractivity contribution in [3.63, 3.8) is 0 Å². The molecule has 1 aliphatic heterocycles. The zero-order valence-corrected chi connectivity index (χ0v) is 15.0. The summed E-state index contributed by atoms with van der Waals surface area (Å²) in [7, 11) is 0. The number of aromatic nitrogens is 1. The van der Waals surface area contributed by atoms with Crippen LogP contribution in [0.3, 0.4) is 0 Å². The summed E-state index contributed by atoms with van der Waals surface area (Å²) in [5, 5.41) is 3.57. The summed E-state index contributed by atoms with van der Waals surface area (Å²) in [4.78, 5) is 5.13. The molecule has 2 heteroatoms. The lowest BCUT2D eigenvalue weighted by Crippen LogP contribution is -2.03. The van der Waals surface area contributed by atoms with Gasteiger partial charge in [0.25, 0.3) is 0 Å². The van der Waals surface area contributed by atoms with Crippen LogP contribution < -0.4 is 5.32 Å². The Balaban J connectivity index is 1.82. The van der Waals surface area contributed by atoms with Crippen LogP contribution >= 0.6 is 0 Å². The van der Waals surface area contributed by atoms with Crippen LogP contribution in [0.5, 0.6) is 0 Å². The van der Waals surface area contributed by atoms with E-state index in [2.05, 4.69) is 90.2 Å². The van der Waals surface area contributed by atoms with Gasteiger partial charge in [0.2, 0.25) is 0 Å². The summed E-state index contributed by atoms with van der Waals surface area (Å²) in [5.74, 6) is 0. The minimum atomic E-state index is 0.913. The number of hydrogen-bond acceptors (Lipinski definition) is 2. The standard InChI is InChI=1S/C25H20N2/c1-3-9-18(10-4-1)22-17-24(19-11-5-2-6-12-19)27-25-20(22)15-16-26-23-14-8-7-13-21(23)25/h1-14,17,26H,15-16H2. The van der Waals surface area contributed by atoms with Crippen LogP contribution in [-0.2, 0) is 6.42 Å². The second-order valence-corrected chi connectivity index (χ2v) is 6.84. The molecule has 3 aromatic carbocycles. The minimum Gasteiger partial charge on any atom is -0.384 e. The highest BCUT2D eigenvalue weighted by Gasteiger charge is 2.20. The van der Waals surface area contributed by atoms with Crippen LogP contribution in [0, 0.1) is 0 Å². The van der Waals surface area contributed by atoms with Gasteiger partial charge in [-0.15, -0.1) is 0 Å². The van der Waals surface area contributed by atoms with E-state index >= 15 is 0 Å². The van der Waals surface area contributed by atoms with Crippen LogP contribution in [0.15, 0.2) is 91.0 Å². The lowest BCUT2D eigenvalue weighted by molar-refractivity contribution is 1.03. The molecule has 27 heavy (non-hydrogen) atoms. The van der Waals surface area contributed by atoms with Crippen molar-refractivity contribution in [3.8, 4) is 33.6 Å². The van der Waals surface area contributed by atoms with E-state index in [1.54, 1.807) is 0 Å². The number of fused-ring (bicyclic) bond motifs is 3. The first kappa shape index (κ1) is 15.8.